The first kappa shape index (κ1) is 22.5. The van der Waals surface area contributed by atoms with Gasteiger partial charge < -0.3 is 4.74 Å². The summed E-state index contributed by atoms with van der Waals surface area (Å²) in [5.74, 6) is 0.948. The van der Waals surface area contributed by atoms with E-state index < -0.39 is 0 Å². The molecular weight excluding hydrogens is 335 g/mol. The van der Waals surface area contributed by atoms with E-state index in [9.17, 15) is 0 Å². The van der Waals surface area contributed by atoms with Crippen LogP contribution in [0.3, 0.4) is 0 Å². The molecule has 2 unspecified atom stereocenters. The summed E-state index contributed by atoms with van der Waals surface area (Å²) in [5, 5.41) is 0. The Morgan fingerprint density at radius 2 is 1.85 bits per heavy atom. The second kappa shape index (κ2) is 12.7. The quantitative estimate of drug-likeness (QED) is 0.338. The minimum Gasteiger partial charge on any atom is -0.489 e. The molecule has 0 N–H and O–H groups in total. The van der Waals surface area contributed by atoms with Crippen LogP contribution in [0, 0.1) is 0 Å². The molecule has 0 fully saturated rings. The predicted octanol–water partition coefficient (Wildman–Crippen LogP) is 7.59. The molecule has 0 spiro atoms. The molecule has 1 aliphatic carbocycles. The lowest BCUT2D eigenvalue weighted by Gasteiger charge is -2.17. The standard InChI is InChI=1S/C22H29OP.C2H6/c1-4-7-18(5-2)19-10-8-17(9-11-19)16-23-21-14-12-20(13-15-21)22(24)6-3;1-2/h4,7-8,10,12-15,22H,1,5-6,9,11,16,24H2,2-3H3;1-2H3/b18-7+;. The molecule has 0 heterocycles. The van der Waals surface area contributed by atoms with Gasteiger partial charge in [0.05, 0.1) is 0 Å². The second-order valence-electron chi connectivity index (χ2n) is 6.17. The fraction of sp³-hybridized carbons (Fsp3) is 0.417. The highest BCUT2D eigenvalue weighted by Crippen LogP contribution is 2.29. The van der Waals surface area contributed by atoms with Gasteiger partial charge in [0.2, 0.25) is 0 Å². The van der Waals surface area contributed by atoms with Crippen molar-refractivity contribution in [2.24, 2.45) is 0 Å². The van der Waals surface area contributed by atoms with Gasteiger partial charge in [-0.05, 0) is 65.8 Å². The third-order valence-electron chi connectivity index (χ3n) is 4.52. The minimum atomic E-state index is 0.528. The molecule has 0 bridgehead atoms. The zero-order chi connectivity index (χ0) is 19.4. The maximum absolute atomic E-state index is 5.95. The van der Waals surface area contributed by atoms with Crippen LogP contribution >= 0.6 is 9.24 Å². The topological polar surface area (TPSA) is 9.23 Å². The molecule has 26 heavy (non-hydrogen) atoms. The van der Waals surface area contributed by atoms with E-state index in [4.69, 9.17) is 4.74 Å². The van der Waals surface area contributed by atoms with Crippen molar-refractivity contribution in [1.82, 2.24) is 0 Å². The van der Waals surface area contributed by atoms with Crippen molar-refractivity contribution in [2.75, 3.05) is 6.61 Å². The van der Waals surface area contributed by atoms with Crippen molar-refractivity contribution in [3.05, 3.63) is 77.4 Å². The molecule has 2 atom stereocenters. The highest BCUT2D eigenvalue weighted by Gasteiger charge is 2.10. The molecule has 0 aromatic heterocycles. The molecule has 2 heteroatoms. The monoisotopic (exact) mass is 370 g/mol. The molecule has 142 valence electrons. The Morgan fingerprint density at radius 3 is 2.35 bits per heavy atom. The summed E-state index contributed by atoms with van der Waals surface area (Å²) in [4.78, 5) is 0. The minimum absolute atomic E-state index is 0.528. The van der Waals surface area contributed by atoms with E-state index in [1.165, 1.54) is 22.3 Å². The molecule has 0 amide bonds. The first-order valence-electron chi connectivity index (χ1n) is 9.86. The van der Waals surface area contributed by atoms with Crippen LogP contribution in [0.4, 0.5) is 0 Å². The summed E-state index contributed by atoms with van der Waals surface area (Å²) >= 11 is 0. The van der Waals surface area contributed by atoms with Gasteiger partial charge in [-0.1, -0.05) is 70.7 Å². The maximum Gasteiger partial charge on any atom is 0.119 e. The fourth-order valence-electron chi connectivity index (χ4n) is 2.89. The third-order valence-corrected chi connectivity index (χ3v) is 5.38. The molecular formula is C24H35OP. The maximum atomic E-state index is 5.95. The summed E-state index contributed by atoms with van der Waals surface area (Å²) in [5.41, 5.74) is 6.05. The average Bonchev–Trinajstić information content (AvgIpc) is 2.72. The van der Waals surface area contributed by atoms with E-state index in [2.05, 4.69) is 72.2 Å². The van der Waals surface area contributed by atoms with Gasteiger partial charge in [-0.3, -0.25) is 0 Å². The number of ether oxygens (including phenoxy) is 1. The van der Waals surface area contributed by atoms with Gasteiger partial charge in [-0.15, -0.1) is 9.24 Å². The molecule has 0 saturated heterocycles. The van der Waals surface area contributed by atoms with Crippen LogP contribution in [0.5, 0.6) is 5.75 Å². The molecule has 1 aliphatic rings. The Kier molecular flexibility index (Phi) is 11.0. The van der Waals surface area contributed by atoms with Crippen LogP contribution in [0.2, 0.25) is 0 Å². The summed E-state index contributed by atoms with van der Waals surface area (Å²) < 4.78 is 5.95. The number of benzene rings is 1. The van der Waals surface area contributed by atoms with Crippen LogP contribution in [0.15, 0.2) is 71.9 Å². The van der Waals surface area contributed by atoms with Gasteiger partial charge in [0.15, 0.2) is 0 Å². The first-order valence-corrected chi connectivity index (χ1v) is 10.5. The van der Waals surface area contributed by atoms with Crippen molar-refractivity contribution >= 4 is 9.24 Å². The van der Waals surface area contributed by atoms with Crippen molar-refractivity contribution in [3.8, 4) is 5.75 Å². The van der Waals surface area contributed by atoms with Crippen LogP contribution in [-0.2, 0) is 0 Å². The highest BCUT2D eigenvalue weighted by atomic mass is 31.0. The SMILES string of the molecule is C=C/C=C(\CC)C1=CC=C(COc2ccc(C(P)CC)cc2)CC1.CC. The number of hydrogen-bond donors (Lipinski definition) is 0. The van der Waals surface area contributed by atoms with Crippen LogP contribution in [-0.4, -0.2) is 6.61 Å². The first-order chi connectivity index (χ1) is 12.7. The van der Waals surface area contributed by atoms with Crippen LogP contribution in [0.25, 0.3) is 0 Å². The Labute approximate surface area is 163 Å². The van der Waals surface area contributed by atoms with Gasteiger partial charge in [0.1, 0.15) is 12.4 Å². The molecule has 0 aliphatic heterocycles. The van der Waals surface area contributed by atoms with Crippen LogP contribution < -0.4 is 4.74 Å². The molecule has 1 aromatic carbocycles. The summed E-state index contributed by atoms with van der Waals surface area (Å²) in [6.07, 6.45) is 12.8. The molecule has 1 aromatic rings. The largest absolute Gasteiger partial charge is 0.489 e. The van der Waals surface area contributed by atoms with E-state index >= 15 is 0 Å². The van der Waals surface area contributed by atoms with E-state index in [1.54, 1.807) is 0 Å². The lowest BCUT2D eigenvalue weighted by Crippen LogP contribution is -2.05. The van der Waals surface area contributed by atoms with Gasteiger partial charge in [0, 0.05) is 0 Å². The molecule has 0 saturated carbocycles. The van der Waals surface area contributed by atoms with Gasteiger partial charge in [0.25, 0.3) is 0 Å². The van der Waals surface area contributed by atoms with E-state index in [-0.39, 0.29) is 0 Å². The van der Waals surface area contributed by atoms with Gasteiger partial charge in [-0.2, -0.15) is 0 Å². The lowest BCUT2D eigenvalue weighted by molar-refractivity contribution is 0.347. The van der Waals surface area contributed by atoms with E-state index in [0.717, 1.165) is 31.4 Å². The summed E-state index contributed by atoms with van der Waals surface area (Å²) in [6, 6.07) is 8.48. The third kappa shape index (κ3) is 6.96. The van der Waals surface area contributed by atoms with E-state index in [0.29, 0.717) is 12.3 Å². The zero-order valence-corrected chi connectivity index (χ0v) is 18.1. The Bertz CT molecular complexity index is 635. The number of hydrogen-bond acceptors (Lipinski definition) is 1. The predicted molar refractivity (Wildman–Crippen MR) is 120 cm³/mol. The van der Waals surface area contributed by atoms with Gasteiger partial charge in [-0.25, -0.2) is 0 Å². The Balaban J connectivity index is 0.00000163. The molecule has 1 nitrogen and oxygen atoms in total. The van der Waals surface area contributed by atoms with Crippen molar-refractivity contribution < 1.29 is 4.74 Å². The normalized spacial score (nSPS) is 15.2. The second-order valence-corrected chi connectivity index (χ2v) is 6.98. The van der Waals surface area contributed by atoms with Crippen molar-refractivity contribution in [3.63, 3.8) is 0 Å². The fourth-order valence-corrected chi connectivity index (χ4v) is 3.11. The van der Waals surface area contributed by atoms with E-state index in [1.807, 2.05) is 19.9 Å². The van der Waals surface area contributed by atoms with Gasteiger partial charge >= 0.3 is 0 Å². The molecule has 0 radical (unpaired) electrons. The highest BCUT2D eigenvalue weighted by molar-refractivity contribution is 7.17. The number of rotatable bonds is 8. The van der Waals surface area contributed by atoms with Crippen LogP contribution in [0.1, 0.15) is 64.6 Å². The smallest absolute Gasteiger partial charge is 0.119 e. The Morgan fingerprint density at radius 1 is 1.15 bits per heavy atom. The van der Waals surface area contributed by atoms with Crippen molar-refractivity contribution in [2.45, 2.75) is 59.0 Å². The summed E-state index contributed by atoms with van der Waals surface area (Å²) in [6.45, 7) is 12.9. The summed E-state index contributed by atoms with van der Waals surface area (Å²) in [7, 11) is 2.89. The molecule has 2 rings (SSSR count). The Hall–Kier alpha value is -1.59. The van der Waals surface area contributed by atoms with Crippen molar-refractivity contribution in [1.29, 1.82) is 0 Å². The average molecular weight is 371 g/mol. The lowest BCUT2D eigenvalue weighted by atomic mass is 9.92. The number of allylic oxidation sites excluding steroid dienone is 6. The zero-order valence-electron chi connectivity index (χ0n) is 16.9.